The van der Waals surface area contributed by atoms with Crippen LogP contribution in [0.15, 0.2) is 35.9 Å². The highest BCUT2D eigenvalue weighted by Crippen LogP contribution is 2.59. The Labute approximate surface area is 199 Å². The van der Waals surface area contributed by atoms with Gasteiger partial charge in [-0.25, -0.2) is 0 Å². The third-order valence-electron chi connectivity index (χ3n) is 8.57. The van der Waals surface area contributed by atoms with Crippen LogP contribution in [0.25, 0.3) is 0 Å². The second-order valence-electron chi connectivity index (χ2n) is 10.7. The molecule has 2 atom stereocenters. The van der Waals surface area contributed by atoms with Gasteiger partial charge < -0.3 is 9.80 Å². The molecule has 0 spiro atoms. The first-order valence-corrected chi connectivity index (χ1v) is 12.9. The van der Waals surface area contributed by atoms with Crippen LogP contribution in [0.4, 0.5) is 0 Å². The molecule has 5 heteroatoms. The number of benzene rings is 1. The van der Waals surface area contributed by atoms with E-state index < -0.39 is 0 Å². The van der Waals surface area contributed by atoms with Gasteiger partial charge in [-0.05, 0) is 54.2 Å². The lowest BCUT2D eigenvalue weighted by Crippen LogP contribution is -2.52. The average Bonchev–Trinajstić information content (AvgIpc) is 2.85. The molecule has 3 aliphatic carbocycles. The number of aryl methyl sites for hydroxylation is 1. The van der Waals surface area contributed by atoms with E-state index in [1.54, 1.807) is 0 Å². The molecule has 1 aliphatic heterocycles. The molecule has 5 rings (SSSR count). The first kappa shape index (κ1) is 24.0. The van der Waals surface area contributed by atoms with E-state index in [0.29, 0.717) is 17.8 Å². The fourth-order valence-electron chi connectivity index (χ4n) is 5.89. The minimum absolute atomic E-state index is 0.130. The van der Waals surface area contributed by atoms with Crippen LogP contribution in [0.1, 0.15) is 62.9 Å². The lowest BCUT2D eigenvalue weighted by Gasteiger charge is -2.57. The first-order chi connectivity index (χ1) is 15.8. The van der Waals surface area contributed by atoms with E-state index in [2.05, 4.69) is 48.8 Å². The van der Waals surface area contributed by atoms with Gasteiger partial charge in [0.1, 0.15) is 0 Å². The summed E-state index contributed by atoms with van der Waals surface area (Å²) in [5.74, 6) is 1.85. The smallest absolute Gasteiger partial charge is 0.253 e. The minimum atomic E-state index is 0.130. The highest BCUT2D eigenvalue weighted by atomic mass is 16.2. The molecule has 5 nitrogen and oxygen atoms in total. The van der Waals surface area contributed by atoms with Crippen LogP contribution in [-0.4, -0.2) is 72.3 Å². The number of fused-ring (bicyclic) bond motifs is 1. The second kappa shape index (κ2) is 10.0. The Hall–Kier alpha value is -2.14. The molecule has 33 heavy (non-hydrogen) atoms. The highest BCUT2D eigenvalue weighted by Gasteiger charge is 2.51. The molecular weight excluding hydrogens is 410 g/mol. The lowest BCUT2D eigenvalue weighted by molar-refractivity contribution is -0.131. The van der Waals surface area contributed by atoms with Gasteiger partial charge in [0.2, 0.25) is 5.91 Å². The number of amides is 2. The van der Waals surface area contributed by atoms with E-state index in [4.69, 9.17) is 0 Å². The quantitative estimate of drug-likeness (QED) is 0.556. The highest BCUT2D eigenvalue weighted by molar-refractivity contribution is 5.94. The Balaban J connectivity index is 1.27. The van der Waals surface area contributed by atoms with Gasteiger partial charge >= 0.3 is 0 Å². The van der Waals surface area contributed by atoms with Gasteiger partial charge in [-0.15, -0.1) is 0 Å². The molecule has 4 aliphatic rings. The maximum atomic E-state index is 12.9. The van der Waals surface area contributed by atoms with Crippen LogP contribution in [0.3, 0.4) is 0 Å². The molecule has 1 aromatic carbocycles. The molecule has 2 amide bonds. The average molecular weight is 452 g/mol. The van der Waals surface area contributed by atoms with Gasteiger partial charge in [0.25, 0.3) is 5.91 Å². The van der Waals surface area contributed by atoms with E-state index in [9.17, 15) is 9.59 Å². The Morgan fingerprint density at radius 2 is 1.76 bits per heavy atom. The lowest BCUT2D eigenvalue weighted by atomic mass is 9.49. The van der Waals surface area contributed by atoms with Crippen molar-refractivity contribution in [1.29, 1.82) is 0 Å². The molecule has 1 heterocycles. The van der Waals surface area contributed by atoms with Crippen LogP contribution < -0.4 is 0 Å². The van der Waals surface area contributed by atoms with Crippen molar-refractivity contribution in [2.75, 3.05) is 45.8 Å². The fraction of sp³-hybridized carbons (Fsp3) is 0.643. The van der Waals surface area contributed by atoms with Gasteiger partial charge in [0.05, 0.1) is 0 Å². The third kappa shape index (κ3) is 5.03. The topological polar surface area (TPSA) is 43.9 Å². The molecule has 180 valence electrons. The van der Waals surface area contributed by atoms with Gasteiger partial charge in [-0.3, -0.25) is 14.5 Å². The number of hydrogen-bond acceptors (Lipinski definition) is 3. The molecule has 2 bridgehead atoms. The zero-order valence-electron chi connectivity index (χ0n) is 21.0. The summed E-state index contributed by atoms with van der Waals surface area (Å²) in [6.07, 6.45) is 6.43. The predicted octanol–water partition coefficient (Wildman–Crippen LogP) is 4.24. The zero-order chi connectivity index (χ0) is 23.6. The number of nitrogens with zero attached hydrogens (tertiary/aromatic N) is 3. The minimum Gasteiger partial charge on any atom is -0.337 e. The first-order valence-electron chi connectivity index (χ1n) is 12.9. The summed E-state index contributed by atoms with van der Waals surface area (Å²) >= 11 is 0. The molecular formula is C28H41N3O2. The van der Waals surface area contributed by atoms with Crippen molar-refractivity contribution in [3.63, 3.8) is 0 Å². The van der Waals surface area contributed by atoms with Gasteiger partial charge in [-0.2, -0.15) is 0 Å². The fourth-order valence-corrected chi connectivity index (χ4v) is 5.89. The summed E-state index contributed by atoms with van der Waals surface area (Å²) in [6, 6.07) is 8.01. The largest absolute Gasteiger partial charge is 0.337 e. The molecule has 2 unspecified atom stereocenters. The van der Waals surface area contributed by atoms with E-state index in [1.807, 2.05) is 24.0 Å². The Morgan fingerprint density at radius 1 is 1.06 bits per heavy atom. The summed E-state index contributed by atoms with van der Waals surface area (Å²) in [7, 11) is 0. The summed E-state index contributed by atoms with van der Waals surface area (Å²) in [6.45, 7) is 14.5. The Kier molecular flexibility index (Phi) is 7.28. The standard InChI is InChI=1S/C28H41N3O2/c1-5-21-7-9-22(10-8-21)27(33)30-16-13-29(14-17-30)15-18-31(26(32)6-2)20-23-11-12-24-19-25(23)28(24,3)4/h7-11,24-25H,5-6,12-20H2,1-4H3. The monoisotopic (exact) mass is 451 g/mol. The van der Waals surface area contributed by atoms with Gasteiger partial charge in [0, 0.05) is 57.8 Å². The van der Waals surface area contributed by atoms with E-state index in [-0.39, 0.29) is 11.8 Å². The van der Waals surface area contributed by atoms with Crippen molar-refractivity contribution in [3.8, 4) is 0 Å². The number of carbonyl (C=O) groups is 2. The van der Waals surface area contributed by atoms with Crippen LogP contribution in [-0.2, 0) is 11.2 Å². The van der Waals surface area contributed by atoms with E-state index in [0.717, 1.165) is 63.7 Å². The Morgan fingerprint density at radius 3 is 2.33 bits per heavy atom. The number of allylic oxidation sites excluding steroid dienone is 1. The van der Waals surface area contributed by atoms with E-state index >= 15 is 0 Å². The molecule has 1 saturated heterocycles. The predicted molar refractivity (Wildman–Crippen MR) is 133 cm³/mol. The molecule has 0 radical (unpaired) electrons. The van der Waals surface area contributed by atoms with Crippen LogP contribution in [0.2, 0.25) is 0 Å². The number of hydrogen-bond donors (Lipinski definition) is 0. The number of rotatable bonds is 8. The Bertz CT molecular complexity index is 881. The summed E-state index contributed by atoms with van der Waals surface area (Å²) in [4.78, 5) is 32.0. The molecule has 1 saturated carbocycles. The zero-order valence-corrected chi connectivity index (χ0v) is 21.0. The third-order valence-corrected chi connectivity index (χ3v) is 8.57. The number of piperazine rings is 1. The molecule has 1 aromatic rings. The number of carbonyl (C=O) groups excluding carboxylic acids is 2. The van der Waals surface area contributed by atoms with Crippen molar-refractivity contribution in [2.24, 2.45) is 17.3 Å². The van der Waals surface area contributed by atoms with Crippen molar-refractivity contribution in [3.05, 3.63) is 47.0 Å². The SMILES string of the molecule is CCC(=O)N(CCN1CCN(C(=O)c2ccc(CC)cc2)CC1)CC1=CCC2CC1C2(C)C. The molecule has 0 aromatic heterocycles. The van der Waals surface area contributed by atoms with Gasteiger partial charge in [0.15, 0.2) is 0 Å². The van der Waals surface area contributed by atoms with Crippen molar-refractivity contribution >= 4 is 11.8 Å². The van der Waals surface area contributed by atoms with Crippen LogP contribution in [0.5, 0.6) is 0 Å². The summed E-state index contributed by atoms with van der Waals surface area (Å²) in [5.41, 5.74) is 3.91. The van der Waals surface area contributed by atoms with E-state index in [1.165, 1.54) is 24.0 Å². The summed E-state index contributed by atoms with van der Waals surface area (Å²) < 4.78 is 0. The molecule has 0 N–H and O–H groups in total. The molecule has 2 fully saturated rings. The van der Waals surface area contributed by atoms with Crippen molar-refractivity contribution in [1.82, 2.24) is 14.7 Å². The maximum absolute atomic E-state index is 12.9. The van der Waals surface area contributed by atoms with Crippen LogP contribution >= 0.6 is 0 Å². The summed E-state index contributed by atoms with van der Waals surface area (Å²) in [5, 5.41) is 0. The van der Waals surface area contributed by atoms with Gasteiger partial charge in [-0.1, -0.05) is 51.5 Å². The van der Waals surface area contributed by atoms with Crippen molar-refractivity contribution < 1.29 is 9.59 Å². The van der Waals surface area contributed by atoms with Crippen molar-refractivity contribution in [2.45, 2.75) is 53.4 Å². The second-order valence-corrected chi connectivity index (χ2v) is 10.7. The normalized spacial score (nSPS) is 24.1. The van der Waals surface area contributed by atoms with Crippen LogP contribution in [0, 0.1) is 17.3 Å². The maximum Gasteiger partial charge on any atom is 0.253 e.